The highest BCUT2D eigenvalue weighted by molar-refractivity contribution is 14.1. The van der Waals surface area contributed by atoms with E-state index in [0.717, 1.165) is 19.2 Å². The Morgan fingerprint density at radius 3 is 2.28 bits per heavy atom. The lowest BCUT2D eigenvalue weighted by Crippen LogP contribution is -2.41. The molecule has 0 saturated heterocycles. The number of carbonyl (C=O) groups is 3. The number of halogens is 4. The standard InChI is InChI=1S/C18H22F3IN2O5/c1-17(2,3)29-16(27)23-9-14(25)24-13(8-15(26)28-4)10-5-11(18(19,20)21)7-12(22)6-10/h5-7,13H,8-9H2,1-4H3,(H,23,27)(H,24,25)/t13-/m0/s1. The molecule has 0 saturated carbocycles. The average Bonchev–Trinajstić information content (AvgIpc) is 2.56. The third kappa shape index (κ3) is 9.33. The second-order valence-electron chi connectivity index (χ2n) is 7.03. The number of rotatable bonds is 6. The lowest BCUT2D eigenvalue weighted by atomic mass is 10.0. The third-order valence-electron chi connectivity index (χ3n) is 3.38. The molecule has 2 amide bonds. The van der Waals surface area contributed by atoms with Gasteiger partial charge in [0.15, 0.2) is 0 Å². The van der Waals surface area contributed by atoms with Gasteiger partial charge in [-0.3, -0.25) is 9.59 Å². The second kappa shape index (κ2) is 10.1. The number of alkyl carbamates (subject to hydrolysis) is 1. The van der Waals surface area contributed by atoms with Crippen molar-refractivity contribution in [2.75, 3.05) is 13.7 Å². The molecule has 1 rings (SSSR count). The van der Waals surface area contributed by atoms with Crippen molar-refractivity contribution in [2.45, 2.75) is 45.0 Å². The first-order valence-corrected chi connectivity index (χ1v) is 9.50. The van der Waals surface area contributed by atoms with Crippen LogP contribution in [0, 0.1) is 3.57 Å². The summed E-state index contributed by atoms with van der Waals surface area (Å²) < 4.78 is 49.2. The van der Waals surface area contributed by atoms with Gasteiger partial charge in [-0.15, -0.1) is 0 Å². The molecule has 11 heteroatoms. The molecule has 0 radical (unpaired) electrons. The fraction of sp³-hybridized carbons (Fsp3) is 0.500. The van der Waals surface area contributed by atoms with Crippen LogP contribution in [0.3, 0.4) is 0 Å². The number of amides is 2. The van der Waals surface area contributed by atoms with E-state index in [-0.39, 0.29) is 15.6 Å². The molecule has 29 heavy (non-hydrogen) atoms. The van der Waals surface area contributed by atoms with Gasteiger partial charge in [0.05, 0.1) is 25.1 Å². The number of ether oxygens (including phenoxy) is 2. The zero-order valence-corrected chi connectivity index (χ0v) is 18.4. The van der Waals surface area contributed by atoms with E-state index < -0.39 is 47.9 Å². The Bertz CT molecular complexity index is 763. The minimum absolute atomic E-state index is 0.0836. The van der Waals surface area contributed by atoms with Crippen LogP contribution in [0.4, 0.5) is 18.0 Å². The normalized spacial score (nSPS) is 12.7. The molecule has 0 aromatic heterocycles. The highest BCUT2D eigenvalue weighted by Gasteiger charge is 2.32. The molecule has 0 aliphatic rings. The van der Waals surface area contributed by atoms with Crippen LogP contribution in [0.2, 0.25) is 0 Å². The van der Waals surface area contributed by atoms with Crippen LogP contribution >= 0.6 is 22.6 Å². The number of nitrogens with one attached hydrogen (secondary N) is 2. The van der Waals surface area contributed by atoms with Crippen molar-refractivity contribution in [3.05, 3.63) is 32.9 Å². The first kappa shape index (κ1) is 25.0. The van der Waals surface area contributed by atoms with E-state index in [1.807, 2.05) is 0 Å². The van der Waals surface area contributed by atoms with Gasteiger partial charge in [0.2, 0.25) is 5.91 Å². The summed E-state index contributed by atoms with van der Waals surface area (Å²) in [6.07, 6.45) is -5.80. The van der Waals surface area contributed by atoms with E-state index in [2.05, 4.69) is 15.4 Å². The molecular weight excluding hydrogens is 508 g/mol. The number of hydrogen-bond acceptors (Lipinski definition) is 5. The van der Waals surface area contributed by atoms with Crippen LogP contribution in [-0.4, -0.2) is 37.2 Å². The minimum Gasteiger partial charge on any atom is -0.469 e. The van der Waals surface area contributed by atoms with Crippen LogP contribution in [0.5, 0.6) is 0 Å². The lowest BCUT2D eigenvalue weighted by molar-refractivity contribution is -0.141. The molecule has 0 aliphatic carbocycles. The summed E-state index contributed by atoms with van der Waals surface area (Å²) in [5.41, 5.74) is -1.58. The van der Waals surface area contributed by atoms with Crippen LogP contribution in [0.15, 0.2) is 18.2 Å². The fourth-order valence-electron chi connectivity index (χ4n) is 2.19. The second-order valence-corrected chi connectivity index (χ2v) is 8.27. The van der Waals surface area contributed by atoms with Crippen molar-refractivity contribution in [1.29, 1.82) is 0 Å². The maximum absolute atomic E-state index is 13.1. The summed E-state index contributed by atoms with van der Waals surface area (Å²) in [5, 5.41) is 4.68. The van der Waals surface area contributed by atoms with Gasteiger partial charge < -0.3 is 20.1 Å². The van der Waals surface area contributed by atoms with Gasteiger partial charge in [0.25, 0.3) is 0 Å². The van der Waals surface area contributed by atoms with Gasteiger partial charge in [-0.1, -0.05) is 0 Å². The molecule has 162 valence electrons. The van der Waals surface area contributed by atoms with Gasteiger partial charge in [-0.25, -0.2) is 4.79 Å². The molecule has 0 aliphatic heterocycles. The zero-order valence-electron chi connectivity index (χ0n) is 16.3. The molecule has 0 bridgehead atoms. The van der Waals surface area contributed by atoms with E-state index in [9.17, 15) is 27.6 Å². The van der Waals surface area contributed by atoms with Crippen molar-refractivity contribution in [1.82, 2.24) is 10.6 Å². The van der Waals surface area contributed by atoms with E-state index in [0.29, 0.717) is 0 Å². The van der Waals surface area contributed by atoms with Gasteiger partial charge in [0.1, 0.15) is 12.1 Å². The summed E-state index contributed by atoms with van der Waals surface area (Å²) in [5.74, 6) is -1.43. The number of alkyl halides is 3. The molecule has 0 fully saturated rings. The highest BCUT2D eigenvalue weighted by atomic mass is 127. The van der Waals surface area contributed by atoms with E-state index in [4.69, 9.17) is 4.74 Å². The first-order valence-electron chi connectivity index (χ1n) is 8.42. The topological polar surface area (TPSA) is 93.7 Å². The first-order chi connectivity index (χ1) is 13.2. The minimum atomic E-state index is -4.59. The molecule has 0 spiro atoms. The number of esters is 1. The van der Waals surface area contributed by atoms with Crippen molar-refractivity contribution in [3.8, 4) is 0 Å². The molecule has 1 atom stereocenters. The van der Waals surface area contributed by atoms with E-state index in [1.54, 1.807) is 43.4 Å². The van der Waals surface area contributed by atoms with Crippen molar-refractivity contribution in [3.63, 3.8) is 0 Å². The third-order valence-corrected chi connectivity index (χ3v) is 4.00. The van der Waals surface area contributed by atoms with Crippen molar-refractivity contribution < 1.29 is 37.0 Å². The predicted octanol–water partition coefficient (Wildman–Crippen LogP) is 3.56. The van der Waals surface area contributed by atoms with E-state index in [1.165, 1.54) is 6.07 Å². The van der Waals surface area contributed by atoms with E-state index >= 15 is 0 Å². The molecule has 7 nitrogen and oxygen atoms in total. The number of carbonyl (C=O) groups excluding carboxylic acids is 3. The summed E-state index contributed by atoms with van der Waals surface area (Å²) in [4.78, 5) is 35.5. The number of methoxy groups -OCH3 is 1. The Kier molecular flexibility index (Phi) is 8.72. The largest absolute Gasteiger partial charge is 0.469 e. The van der Waals surface area contributed by atoms with Gasteiger partial charge in [-0.05, 0) is 67.1 Å². The van der Waals surface area contributed by atoms with Crippen LogP contribution in [0.1, 0.15) is 44.4 Å². The van der Waals surface area contributed by atoms with Gasteiger partial charge in [0, 0.05) is 3.57 Å². The van der Waals surface area contributed by atoms with Gasteiger partial charge in [-0.2, -0.15) is 13.2 Å². The maximum Gasteiger partial charge on any atom is 0.416 e. The van der Waals surface area contributed by atoms with Crippen LogP contribution < -0.4 is 10.6 Å². The van der Waals surface area contributed by atoms with Gasteiger partial charge >= 0.3 is 18.2 Å². The Balaban J connectivity index is 2.97. The average molecular weight is 530 g/mol. The molecule has 1 aromatic carbocycles. The fourth-order valence-corrected chi connectivity index (χ4v) is 2.89. The lowest BCUT2D eigenvalue weighted by Gasteiger charge is -2.21. The van der Waals surface area contributed by atoms with Crippen molar-refractivity contribution in [2.24, 2.45) is 0 Å². The molecular formula is C18H22F3IN2O5. The molecule has 0 unspecified atom stereocenters. The van der Waals surface area contributed by atoms with Crippen molar-refractivity contribution >= 4 is 40.6 Å². The maximum atomic E-state index is 13.1. The molecule has 2 N–H and O–H groups in total. The summed E-state index contributed by atoms with van der Waals surface area (Å²) in [6.45, 7) is 4.46. The number of hydrogen-bond donors (Lipinski definition) is 2. The predicted molar refractivity (Wildman–Crippen MR) is 106 cm³/mol. The summed E-state index contributed by atoms with van der Waals surface area (Å²) >= 11 is 1.72. The smallest absolute Gasteiger partial charge is 0.416 e. The van der Waals surface area contributed by atoms with Crippen LogP contribution in [0.25, 0.3) is 0 Å². The quantitative estimate of drug-likeness (QED) is 0.434. The summed E-state index contributed by atoms with van der Waals surface area (Å²) in [7, 11) is 1.13. The SMILES string of the molecule is COC(=O)C[C@H](NC(=O)CNC(=O)OC(C)(C)C)c1cc(I)cc(C(F)(F)F)c1. The van der Waals surface area contributed by atoms with Crippen LogP contribution in [-0.2, 0) is 25.2 Å². The Morgan fingerprint density at radius 1 is 1.14 bits per heavy atom. The zero-order chi connectivity index (χ0) is 22.4. The molecule has 0 heterocycles. The Hall–Kier alpha value is -2.05. The highest BCUT2D eigenvalue weighted by Crippen LogP contribution is 2.33. The Morgan fingerprint density at radius 2 is 1.76 bits per heavy atom. The molecule has 1 aromatic rings. The summed E-state index contributed by atoms with van der Waals surface area (Å²) in [6, 6.07) is 2.15. The Labute approximate surface area is 179 Å². The monoisotopic (exact) mass is 530 g/mol. The number of benzene rings is 1.